The zero-order valence-electron chi connectivity index (χ0n) is 5.69. The van der Waals surface area contributed by atoms with E-state index in [4.69, 9.17) is 17.3 Å². The average Bonchev–Trinajstić information content (AvgIpc) is 2.00. The first-order chi connectivity index (χ1) is 5.54. The fourth-order valence-electron chi connectivity index (χ4n) is 0.664. The first-order valence-electron chi connectivity index (χ1n) is 2.91. The maximum Gasteiger partial charge on any atom is 0.267 e. The van der Waals surface area contributed by atoms with E-state index in [9.17, 15) is 13.2 Å². The van der Waals surface area contributed by atoms with Gasteiger partial charge in [-0.15, -0.1) is 0 Å². The topological polar surface area (TPSA) is 38.9 Å². The summed E-state index contributed by atoms with van der Waals surface area (Å²) >= 11 is 5.23. The summed E-state index contributed by atoms with van der Waals surface area (Å²) < 4.78 is 36.5. The molecule has 12 heavy (non-hydrogen) atoms. The highest BCUT2D eigenvalue weighted by Gasteiger charge is 2.16. The van der Waals surface area contributed by atoms with Gasteiger partial charge in [-0.2, -0.15) is 4.39 Å². The van der Waals surface area contributed by atoms with Crippen molar-refractivity contribution in [3.05, 3.63) is 22.7 Å². The first-order valence-corrected chi connectivity index (χ1v) is 3.29. The number of alkyl halides is 2. The average molecular weight is 197 g/mol. The van der Waals surface area contributed by atoms with Crippen molar-refractivity contribution < 1.29 is 13.2 Å². The van der Waals surface area contributed by atoms with Gasteiger partial charge in [-0.25, -0.2) is 13.8 Å². The van der Waals surface area contributed by atoms with Gasteiger partial charge < -0.3 is 5.73 Å². The lowest BCUT2D eigenvalue weighted by Gasteiger charge is -2.04. The van der Waals surface area contributed by atoms with Crippen LogP contribution in [-0.4, -0.2) is 4.98 Å². The van der Waals surface area contributed by atoms with Crippen LogP contribution in [0.1, 0.15) is 12.0 Å². The van der Waals surface area contributed by atoms with Gasteiger partial charge in [0, 0.05) is 6.20 Å². The molecule has 1 rings (SSSR count). The van der Waals surface area contributed by atoms with Gasteiger partial charge in [-0.1, -0.05) is 11.6 Å². The van der Waals surface area contributed by atoms with Crippen LogP contribution in [0.3, 0.4) is 0 Å². The van der Waals surface area contributed by atoms with Crippen LogP contribution >= 0.6 is 11.6 Å². The van der Waals surface area contributed by atoms with Gasteiger partial charge >= 0.3 is 0 Å². The van der Waals surface area contributed by atoms with E-state index in [1.54, 1.807) is 0 Å². The van der Waals surface area contributed by atoms with E-state index < -0.39 is 28.6 Å². The summed E-state index contributed by atoms with van der Waals surface area (Å²) in [6.07, 6.45) is -2.13. The van der Waals surface area contributed by atoms with Crippen molar-refractivity contribution in [3.8, 4) is 0 Å². The fourth-order valence-corrected chi connectivity index (χ4v) is 0.822. The van der Waals surface area contributed by atoms with E-state index in [-0.39, 0.29) is 0 Å². The Balaban J connectivity index is 3.27. The van der Waals surface area contributed by atoms with E-state index in [2.05, 4.69) is 4.98 Å². The summed E-state index contributed by atoms with van der Waals surface area (Å²) in [4.78, 5) is 3.00. The van der Waals surface area contributed by atoms with E-state index in [1.165, 1.54) is 0 Å². The SMILES string of the molecule is Nc1c(C(F)F)cnc(F)c1Cl. The summed E-state index contributed by atoms with van der Waals surface area (Å²) in [5.74, 6) is -1.04. The second kappa shape index (κ2) is 3.18. The number of hydrogen-bond donors (Lipinski definition) is 1. The molecule has 0 spiro atoms. The van der Waals surface area contributed by atoms with E-state index in [1.807, 2.05) is 0 Å². The van der Waals surface area contributed by atoms with Crippen molar-refractivity contribution >= 4 is 17.3 Å². The molecule has 0 aliphatic carbocycles. The maximum atomic E-state index is 12.5. The third-order valence-corrected chi connectivity index (χ3v) is 1.64. The molecule has 66 valence electrons. The van der Waals surface area contributed by atoms with Crippen molar-refractivity contribution in [2.24, 2.45) is 0 Å². The van der Waals surface area contributed by atoms with Crippen molar-refractivity contribution in [2.45, 2.75) is 6.43 Å². The van der Waals surface area contributed by atoms with Crippen LogP contribution in [-0.2, 0) is 0 Å². The molecule has 0 atom stereocenters. The Morgan fingerprint density at radius 1 is 1.50 bits per heavy atom. The quantitative estimate of drug-likeness (QED) is 0.701. The second-order valence-electron chi connectivity index (χ2n) is 2.03. The van der Waals surface area contributed by atoms with Crippen LogP contribution in [0, 0.1) is 5.95 Å². The highest BCUT2D eigenvalue weighted by molar-refractivity contribution is 6.33. The standard InChI is InChI=1S/C6H4ClF3N2/c7-3-4(11)2(5(8)9)1-12-6(3)10/h1,5H,(H2,11,12). The maximum absolute atomic E-state index is 12.5. The number of halogens is 4. The third-order valence-electron chi connectivity index (χ3n) is 1.28. The summed E-state index contributed by atoms with van der Waals surface area (Å²) in [5.41, 5.74) is 4.08. The summed E-state index contributed by atoms with van der Waals surface area (Å²) in [6.45, 7) is 0. The second-order valence-corrected chi connectivity index (χ2v) is 2.41. The van der Waals surface area contributed by atoms with Crippen LogP contribution in [0.2, 0.25) is 5.02 Å². The Morgan fingerprint density at radius 3 is 2.58 bits per heavy atom. The van der Waals surface area contributed by atoms with E-state index in [0.717, 1.165) is 0 Å². The summed E-state index contributed by atoms with van der Waals surface area (Å²) in [7, 11) is 0. The predicted molar refractivity (Wildman–Crippen MR) is 38.6 cm³/mol. The number of rotatable bonds is 1. The number of nitrogens with zero attached hydrogens (tertiary/aromatic N) is 1. The van der Waals surface area contributed by atoms with Gasteiger partial charge in [0.15, 0.2) is 0 Å². The molecular formula is C6H4ClF3N2. The number of aromatic nitrogens is 1. The number of nitrogen functional groups attached to an aromatic ring is 1. The van der Waals surface area contributed by atoms with Gasteiger partial charge in [-0.05, 0) is 0 Å². The van der Waals surface area contributed by atoms with Gasteiger partial charge in [0.25, 0.3) is 6.43 Å². The van der Waals surface area contributed by atoms with Crippen LogP contribution in [0.25, 0.3) is 0 Å². The highest BCUT2D eigenvalue weighted by atomic mass is 35.5. The molecule has 0 saturated carbocycles. The van der Waals surface area contributed by atoms with E-state index in [0.29, 0.717) is 6.20 Å². The Bertz CT molecular complexity index is 303. The molecule has 1 aromatic heterocycles. The third kappa shape index (κ3) is 1.45. The zero-order valence-corrected chi connectivity index (χ0v) is 6.45. The molecule has 1 heterocycles. The van der Waals surface area contributed by atoms with Gasteiger partial charge in [0.05, 0.1) is 11.3 Å². The van der Waals surface area contributed by atoms with Crippen LogP contribution in [0.15, 0.2) is 6.20 Å². The Kier molecular flexibility index (Phi) is 2.42. The number of hydrogen-bond acceptors (Lipinski definition) is 2. The highest BCUT2D eigenvalue weighted by Crippen LogP contribution is 2.30. The summed E-state index contributed by atoms with van der Waals surface area (Å²) in [6, 6.07) is 0. The monoisotopic (exact) mass is 196 g/mol. The molecule has 0 saturated heterocycles. The molecule has 2 nitrogen and oxygen atoms in total. The van der Waals surface area contributed by atoms with Gasteiger partial charge in [-0.3, -0.25) is 0 Å². The van der Waals surface area contributed by atoms with Crippen molar-refractivity contribution in [3.63, 3.8) is 0 Å². The summed E-state index contributed by atoms with van der Waals surface area (Å²) in [5, 5.41) is -0.562. The van der Waals surface area contributed by atoms with Crippen LogP contribution in [0.4, 0.5) is 18.9 Å². The molecule has 1 aromatic rings. The molecule has 0 aliphatic heterocycles. The Labute approximate surface area is 71.2 Å². The lowest BCUT2D eigenvalue weighted by molar-refractivity contribution is 0.151. The van der Waals surface area contributed by atoms with Crippen LogP contribution in [0.5, 0.6) is 0 Å². The molecular weight excluding hydrogens is 193 g/mol. The molecule has 0 aromatic carbocycles. The normalized spacial score (nSPS) is 10.8. The molecule has 2 N–H and O–H groups in total. The Hall–Kier alpha value is -0.970. The molecule has 0 radical (unpaired) electrons. The predicted octanol–water partition coefficient (Wildman–Crippen LogP) is 2.39. The number of pyridine rings is 1. The van der Waals surface area contributed by atoms with Gasteiger partial charge in [0.2, 0.25) is 5.95 Å². The fraction of sp³-hybridized carbons (Fsp3) is 0.167. The van der Waals surface area contributed by atoms with Crippen LogP contribution < -0.4 is 5.73 Å². The minimum atomic E-state index is -2.80. The lowest BCUT2D eigenvalue weighted by atomic mass is 10.2. The van der Waals surface area contributed by atoms with Crippen molar-refractivity contribution in [2.75, 3.05) is 5.73 Å². The molecule has 6 heteroatoms. The Morgan fingerprint density at radius 2 is 2.08 bits per heavy atom. The lowest BCUT2D eigenvalue weighted by Crippen LogP contribution is -1.99. The van der Waals surface area contributed by atoms with Crippen molar-refractivity contribution in [1.29, 1.82) is 0 Å². The minimum Gasteiger partial charge on any atom is -0.397 e. The van der Waals surface area contributed by atoms with Gasteiger partial charge in [0.1, 0.15) is 5.02 Å². The molecule has 0 unspecified atom stereocenters. The molecule has 0 bridgehead atoms. The van der Waals surface area contributed by atoms with Crippen molar-refractivity contribution in [1.82, 2.24) is 4.98 Å². The number of nitrogens with two attached hydrogens (primary N) is 1. The number of anilines is 1. The first kappa shape index (κ1) is 9.12. The minimum absolute atomic E-state index is 0.459. The zero-order chi connectivity index (χ0) is 9.30. The smallest absolute Gasteiger partial charge is 0.267 e. The van der Waals surface area contributed by atoms with E-state index >= 15 is 0 Å². The molecule has 0 aliphatic rings. The molecule has 0 amide bonds. The molecule has 0 fully saturated rings. The largest absolute Gasteiger partial charge is 0.397 e.